The molecular weight excluding hydrogens is 343 g/mol. The predicted molar refractivity (Wildman–Crippen MR) is 103 cm³/mol. The second-order valence-corrected chi connectivity index (χ2v) is 8.20. The average molecular weight is 370 g/mol. The zero-order valence-electron chi connectivity index (χ0n) is 16.2. The summed E-state index contributed by atoms with van der Waals surface area (Å²) < 4.78 is 13.3. The second-order valence-electron chi connectivity index (χ2n) is 8.20. The highest BCUT2D eigenvalue weighted by Crippen LogP contribution is 2.18. The third-order valence-corrected chi connectivity index (χ3v) is 4.80. The quantitative estimate of drug-likeness (QED) is 0.897. The standard InChI is InChI=1S/C21H27FN4O/c1-21(2,3)20-23-12-16(13-24-20)19(27)25-18-7-9-26(10-8-18)14-15-5-4-6-17(22)11-15/h4-6,11-13,18H,7-10,14H2,1-3H3,(H,25,27). The summed E-state index contributed by atoms with van der Waals surface area (Å²) in [5.41, 5.74) is 1.34. The summed E-state index contributed by atoms with van der Waals surface area (Å²) in [6.07, 6.45) is 4.95. The van der Waals surface area contributed by atoms with E-state index in [0.717, 1.165) is 43.9 Å². The van der Waals surface area contributed by atoms with Crippen molar-refractivity contribution >= 4 is 5.91 Å². The summed E-state index contributed by atoms with van der Waals surface area (Å²) in [5, 5.41) is 3.08. The van der Waals surface area contributed by atoms with Gasteiger partial charge in [0.25, 0.3) is 5.91 Å². The van der Waals surface area contributed by atoms with E-state index in [1.54, 1.807) is 24.5 Å². The van der Waals surface area contributed by atoms with Crippen molar-refractivity contribution in [2.24, 2.45) is 0 Å². The number of halogens is 1. The van der Waals surface area contributed by atoms with Crippen molar-refractivity contribution in [1.29, 1.82) is 0 Å². The Morgan fingerprint density at radius 1 is 1.22 bits per heavy atom. The smallest absolute Gasteiger partial charge is 0.254 e. The fourth-order valence-corrected chi connectivity index (χ4v) is 3.23. The minimum Gasteiger partial charge on any atom is -0.349 e. The van der Waals surface area contributed by atoms with E-state index in [9.17, 15) is 9.18 Å². The van der Waals surface area contributed by atoms with Gasteiger partial charge in [-0.2, -0.15) is 0 Å². The van der Waals surface area contributed by atoms with Crippen LogP contribution in [0.15, 0.2) is 36.7 Å². The summed E-state index contributed by atoms with van der Waals surface area (Å²) in [7, 11) is 0. The van der Waals surface area contributed by atoms with E-state index in [1.807, 2.05) is 26.8 Å². The summed E-state index contributed by atoms with van der Waals surface area (Å²) in [4.78, 5) is 23.4. The molecule has 1 saturated heterocycles. The molecule has 3 rings (SSSR count). The van der Waals surface area contributed by atoms with Gasteiger partial charge in [0.05, 0.1) is 5.56 Å². The van der Waals surface area contributed by atoms with E-state index < -0.39 is 0 Å². The van der Waals surface area contributed by atoms with Crippen molar-refractivity contribution < 1.29 is 9.18 Å². The molecule has 1 aliphatic heterocycles. The van der Waals surface area contributed by atoms with Gasteiger partial charge in [0.2, 0.25) is 0 Å². The monoisotopic (exact) mass is 370 g/mol. The van der Waals surface area contributed by atoms with Crippen molar-refractivity contribution in [3.8, 4) is 0 Å². The summed E-state index contributed by atoms with van der Waals surface area (Å²) >= 11 is 0. The SMILES string of the molecule is CC(C)(C)c1ncc(C(=O)NC2CCN(Cc3cccc(F)c3)CC2)cn1. The van der Waals surface area contributed by atoms with Crippen LogP contribution in [-0.4, -0.2) is 39.9 Å². The van der Waals surface area contributed by atoms with E-state index in [4.69, 9.17) is 0 Å². The molecule has 27 heavy (non-hydrogen) atoms. The van der Waals surface area contributed by atoms with Crippen LogP contribution in [-0.2, 0) is 12.0 Å². The molecule has 1 fully saturated rings. The Kier molecular flexibility index (Phi) is 5.85. The van der Waals surface area contributed by atoms with Crippen LogP contribution in [0, 0.1) is 5.82 Å². The third-order valence-electron chi connectivity index (χ3n) is 4.80. The Morgan fingerprint density at radius 3 is 2.48 bits per heavy atom. The first kappa shape index (κ1) is 19.4. The average Bonchev–Trinajstić information content (AvgIpc) is 2.63. The van der Waals surface area contributed by atoms with Gasteiger partial charge in [0.1, 0.15) is 11.6 Å². The van der Waals surface area contributed by atoms with Crippen LogP contribution < -0.4 is 5.32 Å². The zero-order chi connectivity index (χ0) is 19.4. The maximum Gasteiger partial charge on any atom is 0.254 e. The third kappa shape index (κ3) is 5.32. The number of aromatic nitrogens is 2. The Bertz CT molecular complexity index is 778. The van der Waals surface area contributed by atoms with Gasteiger partial charge in [-0.15, -0.1) is 0 Å². The van der Waals surface area contributed by atoms with Crippen LogP contribution >= 0.6 is 0 Å². The van der Waals surface area contributed by atoms with Crippen molar-refractivity contribution in [3.63, 3.8) is 0 Å². The molecule has 2 heterocycles. The molecule has 0 aliphatic carbocycles. The van der Waals surface area contributed by atoms with Crippen LogP contribution in [0.1, 0.15) is 55.4 Å². The first-order chi connectivity index (χ1) is 12.8. The fraction of sp³-hybridized carbons (Fsp3) is 0.476. The molecule has 1 aliphatic rings. The number of benzene rings is 1. The van der Waals surface area contributed by atoms with Crippen molar-refractivity contribution in [1.82, 2.24) is 20.2 Å². The minimum absolute atomic E-state index is 0.126. The lowest BCUT2D eigenvalue weighted by Gasteiger charge is -2.32. The number of rotatable bonds is 4. The molecule has 0 bridgehead atoms. The maximum atomic E-state index is 13.3. The van der Waals surface area contributed by atoms with E-state index in [0.29, 0.717) is 5.56 Å². The van der Waals surface area contributed by atoms with Gasteiger partial charge >= 0.3 is 0 Å². The number of carbonyl (C=O) groups is 1. The number of carbonyl (C=O) groups excluding carboxylic acids is 1. The molecule has 5 nitrogen and oxygen atoms in total. The number of amides is 1. The Labute approximate surface area is 160 Å². The van der Waals surface area contributed by atoms with Gasteiger partial charge < -0.3 is 5.32 Å². The van der Waals surface area contributed by atoms with Gasteiger partial charge in [-0.3, -0.25) is 9.69 Å². The largest absolute Gasteiger partial charge is 0.349 e. The molecule has 1 aromatic heterocycles. The molecule has 6 heteroatoms. The minimum atomic E-state index is -0.200. The highest BCUT2D eigenvalue weighted by Gasteiger charge is 2.22. The summed E-state index contributed by atoms with van der Waals surface area (Å²) in [6.45, 7) is 8.61. The predicted octanol–water partition coefficient (Wildman–Crippen LogP) is 3.31. The summed E-state index contributed by atoms with van der Waals surface area (Å²) in [6, 6.07) is 6.87. The molecule has 144 valence electrons. The van der Waals surface area contributed by atoms with Crippen LogP contribution in [0.4, 0.5) is 4.39 Å². The molecule has 1 amide bonds. The van der Waals surface area contributed by atoms with Crippen molar-refractivity contribution in [3.05, 3.63) is 59.4 Å². The van der Waals surface area contributed by atoms with Gasteiger partial charge in [-0.05, 0) is 30.5 Å². The molecule has 0 radical (unpaired) electrons. The van der Waals surface area contributed by atoms with Gasteiger partial charge in [-0.1, -0.05) is 32.9 Å². The maximum absolute atomic E-state index is 13.3. The zero-order valence-corrected chi connectivity index (χ0v) is 16.2. The van der Waals surface area contributed by atoms with Gasteiger partial charge in [-0.25, -0.2) is 14.4 Å². The van der Waals surface area contributed by atoms with E-state index in [2.05, 4.69) is 20.2 Å². The molecule has 0 unspecified atom stereocenters. The van der Waals surface area contributed by atoms with Crippen molar-refractivity contribution in [2.45, 2.75) is 51.6 Å². The molecule has 0 spiro atoms. The molecular formula is C21H27FN4O. The van der Waals surface area contributed by atoms with Gasteiger partial charge in [0, 0.05) is 43.5 Å². The van der Waals surface area contributed by atoms with E-state index in [-0.39, 0.29) is 23.2 Å². The number of hydrogen-bond donors (Lipinski definition) is 1. The highest BCUT2D eigenvalue weighted by atomic mass is 19.1. The Hall–Kier alpha value is -2.34. The number of likely N-dealkylation sites (tertiary alicyclic amines) is 1. The van der Waals surface area contributed by atoms with Crippen LogP contribution in [0.2, 0.25) is 0 Å². The Morgan fingerprint density at radius 2 is 1.89 bits per heavy atom. The van der Waals surface area contributed by atoms with E-state index in [1.165, 1.54) is 6.07 Å². The van der Waals surface area contributed by atoms with E-state index >= 15 is 0 Å². The van der Waals surface area contributed by atoms with Gasteiger partial charge in [0.15, 0.2) is 0 Å². The molecule has 1 aromatic carbocycles. The molecule has 0 saturated carbocycles. The molecule has 2 aromatic rings. The lowest BCUT2D eigenvalue weighted by Crippen LogP contribution is -2.44. The number of nitrogens with zero attached hydrogens (tertiary/aromatic N) is 3. The van der Waals surface area contributed by atoms with Crippen molar-refractivity contribution in [2.75, 3.05) is 13.1 Å². The first-order valence-electron chi connectivity index (χ1n) is 9.41. The highest BCUT2D eigenvalue weighted by molar-refractivity contribution is 5.93. The first-order valence-corrected chi connectivity index (χ1v) is 9.41. The lowest BCUT2D eigenvalue weighted by molar-refractivity contribution is 0.0908. The van der Waals surface area contributed by atoms with Crippen LogP contribution in [0.3, 0.4) is 0 Å². The van der Waals surface area contributed by atoms with Crippen LogP contribution in [0.25, 0.3) is 0 Å². The molecule has 0 atom stereocenters. The number of nitrogens with one attached hydrogen (secondary N) is 1. The lowest BCUT2D eigenvalue weighted by atomic mass is 9.96. The van der Waals surface area contributed by atoms with Crippen LogP contribution in [0.5, 0.6) is 0 Å². The Balaban J connectivity index is 1.49. The second kappa shape index (κ2) is 8.13. The molecule has 1 N–H and O–H groups in total. The normalized spacial score (nSPS) is 16.3. The topological polar surface area (TPSA) is 58.1 Å². The summed E-state index contributed by atoms with van der Waals surface area (Å²) in [5.74, 6) is 0.401. The fourth-order valence-electron chi connectivity index (χ4n) is 3.23. The number of piperidine rings is 1. The number of hydrogen-bond acceptors (Lipinski definition) is 4.